The van der Waals surface area contributed by atoms with Gasteiger partial charge in [-0.05, 0) is 55.5 Å². The van der Waals surface area contributed by atoms with E-state index in [1.54, 1.807) is 10.6 Å². The standard InChI is InChI=1S/C21H17FN4O2/c1-2-28-18-8-4-3-6-16(18)17-7-5-9-19-24-20(25-26(17)19)21(27)23-15-12-10-14(22)11-13-15/h3-13H,2H2,1H3,(H,23,27). The first-order chi connectivity index (χ1) is 13.7. The van der Waals surface area contributed by atoms with Crippen molar-refractivity contribution in [3.63, 3.8) is 0 Å². The second-order valence-electron chi connectivity index (χ2n) is 6.01. The predicted molar refractivity (Wildman–Crippen MR) is 104 cm³/mol. The fourth-order valence-corrected chi connectivity index (χ4v) is 2.89. The average Bonchev–Trinajstić information content (AvgIpc) is 3.15. The maximum absolute atomic E-state index is 13.0. The summed E-state index contributed by atoms with van der Waals surface area (Å²) in [6.07, 6.45) is 0. The van der Waals surface area contributed by atoms with Crippen LogP contribution in [0.15, 0.2) is 66.7 Å². The van der Waals surface area contributed by atoms with E-state index in [4.69, 9.17) is 4.74 Å². The maximum Gasteiger partial charge on any atom is 0.295 e. The zero-order valence-electron chi connectivity index (χ0n) is 15.1. The van der Waals surface area contributed by atoms with E-state index in [2.05, 4.69) is 15.4 Å². The van der Waals surface area contributed by atoms with Crippen LogP contribution in [0.5, 0.6) is 5.75 Å². The van der Waals surface area contributed by atoms with Crippen molar-refractivity contribution in [1.82, 2.24) is 14.6 Å². The van der Waals surface area contributed by atoms with Crippen LogP contribution in [0.4, 0.5) is 10.1 Å². The van der Waals surface area contributed by atoms with Crippen molar-refractivity contribution in [2.24, 2.45) is 0 Å². The van der Waals surface area contributed by atoms with Crippen LogP contribution in [-0.2, 0) is 0 Å². The quantitative estimate of drug-likeness (QED) is 0.567. The largest absolute Gasteiger partial charge is 0.493 e. The summed E-state index contributed by atoms with van der Waals surface area (Å²) in [7, 11) is 0. The Morgan fingerprint density at radius 2 is 1.86 bits per heavy atom. The smallest absolute Gasteiger partial charge is 0.295 e. The molecular weight excluding hydrogens is 359 g/mol. The lowest BCUT2D eigenvalue weighted by atomic mass is 10.1. The third-order valence-corrected chi connectivity index (χ3v) is 4.13. The number of hydrogen-bond donors (Lipinski definition) is 1. The molecule has 0 saturated carbocycles. The second kappa shape index (κ2) is 7.48. The third kappa shape index (κ3) is 3.42. The number of para-hydroxylation sites is 1. The van der Waals surface area contributed by atoms with Gasteiger partial charge in [0.25, 0.3) is 5.91 Å². The van der Waals surface area contributed by atoms with E-state index in [-0.39, 0.29) is 11.6 Å². The molecule has 6 nitrogen and oxygen atoms in total. The zero-order chi connectivity index (χ0) is 19.5. The van der Waals surface area contributed by atoms with Crippen molar-refractivity contribution in [3.8, 4) is 17.0 Å². The Labute approximate surface area is 160 Å². The molecule has 2 aromatic heterocycles. The van der Waals surface area contributed by atoms with Gasteiger partial charge in [0.15, 0.2) is 5.65 Å². The molecule has 0 unspecified atom stereocenters. The van der Waals surface area contributed by atoms with E-state index >= 15 is 0 Å². The highest BCUT2D eigenvalue weighted by atomic mass is 19.1. The topological polar surface area (TPSA) is 68.5 Å². The predicted octanol–water partition coefficient (Wildman–Crippen LogP) is 4.19. The molecule has 1 N–H and O–H groups in total. The summed E-state index contributed by atoms with van der Waals surface area (Å²) in [5, 5.41) is 7.04. The third-order valence-electron chi connectivity index (χ3n) is 4.13. The molecule has 0 aliphatic rings. The van der Waals surface area contributed by atoms with Gasteiger partial charge in [0.2, 0.25) is 5.82 Å². The molecule has 7 heteroatoms. The number of carbonyl (C=O) groups is 1. The highest BCUT2D eigenvalue weighted by molar-refractivity contribution is 6.01. The summed E-state index contributed by atoms with van der Waals surface area (Å²) < 4.78 is 20.3. The highest BCUT2D eigenvalue weighted by Crippen LogP contribution is 2.30. The van der Waals surface area contributed by atoms with Gasteiger partial charge in [0.05, 0.1) is 12.3 Å². The molecule has 0 aliphatic heterocycles. The number of ether oxygens (including phenoxy) is 1. The molecular formula is C21H17FN4O2. The molecule has 0 fully saturated rings. The highest BCUT2D eigenvalue weighted by Gasteiger charge is 2.16. The number of nitrogens with zero attached hydrogens (tertiary/aromatic N) is 3. The summed E-state index contributed by atoms with van der Waals surface area (Å²) in [6, 6.07) is 18.6. The number of hydrogen-bond acceptors (Lipinski definition) is 4. The Bertz CT molecular complexity index is 1140. The van der Waals surface area contributed by atoms with Crippen LogP contribution in [0.3, 0.4) is 0 Å². The van der Waals surface area contributed by atoms with Gasteiger partial charge in [-0.15, -0.1) is 5.10 Å². The van der Waals surface area contributed by atoms with Crippen molar-refractivity contribution in [2.45, 2.75) is 6.92 Å². The van der Waals surface area contributed by atoms with E-state index in [0.717, 1.165) is 17.0 Å². The van der Waals surface area contributed by atoms with Crippen molar-refractivity contribution >= 4 is 17.2 Å². The molecule has 28 heavy (non-hydrogen) atoms. The number of pyridine rings is 1. The molecule has 0 spiro atoms. The number of amides is 1. The first-order valence-corrected chi connectivity index (χ1v) is 8.80. The molecule has 2 heterocycles. The molecule has 4 aromatic rings. The second-order valence-corrected chi connectivity index (χ2v) is 6.01. The lowest BCUT2D eigenvalue weighted by Gasteiger charge is -2.10. The van der Waals surface area contributed by atoms with Crippen molar-refractivity contribution in [3.05, 3.63) is 78.4 Å². The number of rotatable bonds is 5. The van der Waals surface area contributed by atoms with Gasteiger partial charge in [-0.2, -0.15) is 0 Å². The van der Waals surface area contributed by atoms with E-state index in [1.165, 1.54) is 24.3 Å². The van der Waals surface area contributed by atoms with Gasteiger partial charge < -0.3 is 10.1 Å². The van der Waals surface area contributed by atoms with Crippen LogP contribution in [0.25, 0.3) is 16.9 Å². The molecule has 140 valence electrons. The lowest BCUT2D eigenvalue weighted by molar-refractivity contribution is 0.101. The SMILES string of the molecule is CCOc1ccccc1-c1cccc2nc(C(=O)Nc3ccc(F)cc3)nn12. The van der Waals surface area contributed by atoms with Gasteiger partial charge in [-0.25, -0.2) is 13.9 Å². The zero-order valence-corrected chi connectivity index (χ0v) is 15.1. The van der Waals surface area contributed by atoms with E-state index < -0.39 is 5.91 Å². The Hall–Kier alpha value is -3.74. The minimum absolute atomic E-state index is 0.0191. The summed E-state index contributed by atoms with van der Waals surface area (Å²) in [4.78, 5) is 16.8. The summed E-state index contributed by atoms with van der Waals surface area (Å²) in [6.45, 7) is 2.46. The minimum Gasteiger partial charge on any atom is -0.493 e. The summed E-state index contributed by atoms with van der Waals surface area (Å²) in [5.74, 6) is -0.100. The van der Waals surface area contributed by atoms with E-state index in [9.17, 15) is 9.18 Å². The van der Waals surface area contributed by atoms with Crippen LogP contribution in [0, 0.1) is 5.82 Å². The molecule has 4 rings (SSSR count). The number of carbonyl (C=O) groups excluding carboxylic acids is 1. The Balaban J connectivity index is 1.71. The number of fused-ring (bicyclic) bond motifs is 1. The molecule has 0 aliphatic carbocycles. The van der Waals surface area contributed by atoms with Crippen LogP contribution < -0.4 is 10.1 Å². The minimum atomic E-state index is -0.473. The van der Waals surface area contributed by atoms with Gasteiger partial charge in [0.1, 0.15) is 11.6 Å². The molecule has 2 aromatic carbocycles. The van der Waals surface area contributed by atoms with Crippen LogP contribution in [0.2, 0.25) is 0 Å². The van der Waals surface area contributed by atoms with E-state index in [1.807, 2.05) is 43.3 Å². The number of nitrogens with one attached hydrogen (secondary N) is 1. The Morgan fingerprint density at radius 1 is 1.07 bits per heavy atom. The molecule has 0 radical (unpaired) electrons. The maximum atomic E-state index is 13.0. The van der Waals surface area contributed by atoms with Gasteiger partial charge in [-0.3, -0.25) is 4.79 Å². The fraction of sp³-hybridized carbons (Fsp3) is 0.0952. The number of benzene rings is 2. The lowest BCUT2D eigenvalue weighted by Crippen LogP contribution is -2.14. The van der Waals surface area contributed by atoms with Crippen LogP contribution in [-0.4, -0.2) is 27.1 Å². The summed E-state index contributed by atoms with van der Waals surface area (Å²) >= 11 is 0. The number of anilines is 1. The first-order valence-electron chi connectivity index (χ1n) is 8.80. The molecule has 0 bridgehead atoms. The fourth-order valence-electron chi connectivity index (χ4n) is 2.89. The first kappa shape index (κ1) is 17.7. The normalized spacial score (nSPS) is 10.8. The number of aromatic nitrogens is 3. The monoisotopic (exact) mass is 376 g/mol. The molecule has 1 amide bonds. The van der Waals surface area contributed by atoms with Crippen molar-refractivity contribution < 1.29 is 13.9 Å². The molecule has 0 atom stereocenters. The summed E-state index contributed by atoms with van der Waals surface area (Å²) in [5.41, 5.74) is 2.61. The van der Waals surface area contributed by atoms with E-state index in [0.29, 0.717) is 17.9 Å². The van der Waals surface area contributed by atoms with Gasteiger partial charge >= 0.3 is 0 Å². The van der Waals surface area contributed by atoms with Gasteiger partial charge in [0, 0.05) is 11.3 Å². The Morgan fingerprint density at radius 3 is 2.64 bits per heavy atom. The van der Waals surface area contributed by atoms with Crippen LogP contribution >= 0.6 is 0 Å². The molecule has 0 saturated heterocycles. The Kier molecular flexibility index (Phi) is 4.72. The number of halogens is 1. The average molecular weight is 376 g/mol. The van der Waals surface area contributed by atoms with Crippen molar-refractivity contribution in [1.29, 1.82) is 0 Å². The van der Waals surface area contributed by atoms with Crippen molar-refractivity contribution in [2.75, 3.05) is 11.9 Å². The van der Waals surface area contributed by atoms with Crippen LogP contribution in [0.1, 0.15) is 17.5 Å². The van der Waals surface area contributed by atoms with Gasteiger partial charge in [-0.1, -0.05) is 18.2 Å².